The largest absolute Gasteiger partial charge is 0.379 e. The molecule has 1 fully saturated rings. The SMILES string of the molecule is CC(C)=CC(=O)NCCCN1CCOCC1. The Balaban J connectivity index is 2.02. The van der Waals surface area contributed by atoms with Crippen molar-refractivity contribution in [2.45, 2.75) is 20.3 Å². The third-order valence-corrected chi connectivity index (χ3v) is 2.47. The summed E-state index contributed by atoms with van der Waals surface area (Å²) in [5.74, 6) is 0.0157. The molecule has 0 aliphatic carbocycles. The van der Waals surface area contributed by atoms with Crippen LogP contribution in [-0.4, -0.2) is 50.2 Å². The Morgan fingerprint density at radius 1 is 1.38 bits per heavy atom. The van der Waals surface area contributed by atoms with Gasteiger partial charge in [-0.1, -0.05) is 5.57 Å². The van der Waals surface area contributed by atoms with E-state index in [9.17, 15) is 4.79 Å². The molecule has 0 saturated carbocycles. The topological polar surface area (TPSA) is 41.6 Å². The monoisotopic (exact) mass is 226 g/mol. The minimum Gasteiger partial charge on any atom is -0.379 e. The second kappa shape index (κ2) is 7.41. The van der Waals surface area contributed by atoms with E-state index in [0.29, 0.717) is 0 Å². The van der Waals surface area contributed by atoms with Crippen LogP contribution in [0.2, 0.25) is 0 Å². The summed E-state index contributed by atoms with van der Waals surface area (Å²) >= 11 is 0. The predicted molar refractivity (Wildman–Crippen MR) is 64.3 cm³/mol. The van der Waals surface area contributed by atoms with E-state index in [0.717, 1.165) is 51.4 Å². The summed E-state index contributed by atoms with van der Waals surface area (Å²) in [5, 5.41) is 2.88. The molecule has 16 heavy (non-hydrogen) atoms. The van der Waals surface area contributed by atoms with E-state index in [1.54, 1.807) is 6.08 Å². The molecule has 0 aromatic carbocycles. The van der Waals surface area contributed by atoms with Gasteiger partial charge in [-0.25, -0.2) is 0 Å². The van der Waals surface area contributed by atoms with Crippen LogP contribution in [0, 0.1) is 0 Å². The van der Waals surface area contributed by atoms with Crippen LogP contribution in [0.25, 0.3) is 0 Å². The maximum atomic E-state index is 11.3. The first-order chi connectivity index (χ1) is 7.68. The molecule has 1 aliphatic heterocycles. The average Bonchev–Trinajstić information content (AvgIpc) is 2.25. The molecule has 0 atom stereocenters. The molecule has 1 rings (SSSR count). The van der Waals surface area contributed by atoms with E-state index >= 15 is 0 Å². The minimum absolute atomic E-state index is 0.0157. The highest BCUT2D eigenvalue weighted by atomic mass is 16.5. The van der Waals surface area contributed by atoms with Crippen molar-refractivity contribution in [1.82, 2.24) is 10.2 Å². The standard InChI is InChI=1S/C12H22N2O2/c1-11(2)10-12(15)13-4-3-5-14-6-8-16-9-7-14/h10H,3-9H2,1-2H3,(H,13,15). The van der Waals surface area contributed by atoms with Crippen LogP contribution in [0.1, 0.15) is 20.3 Å². The number of nitrogens with one attached hydrogen (secondary N) is 1. The number of rotatable bonds is 5. The molecule has 0 aromatic rings. The number of carbonyl (C=O) groups excluding carboxylic acids is 1. The summed E-state index contributed by atoms with van der Waals surface area (Å²) in [6.45, 7) is 9.34. The molecule has 0 unspecified atom stereocenters. The third-order valence-electron chi connectivity index (χ3n) is 2.47. The molecule has 0 aromatic heterocycles. The summed E-state index contributed by atoms with van der Waals surface area (Å²) in [6, 6.07) is 0. The van der Waals surface area contributed by atoms with Gasteiger partial charge in [0.05, 0.1) is 13.2 Å². The van der Waals surface area contributed by atoms with Gasteiger partial charge in [0.1, 0.15) is 0 Å². The average molecular weight is 226 g/mol. The highest BCUT2D eigenvalue weighted by Gasteiger charge is 2.09. The summed E-state index contributed by atoms with van der Waals surface area (Å²) in [6.07, 6.45) is 2.64. The fraction of sp³-hybridized carbons (Fsp3) is 0.750. The van der Waals surface area contributed by atoms with Crippen molar-refractivity contribution >= 4 is 5.91 Å². The number of allylic oxidation sites excluding steroid dienone is 1. The van der Waals surface area contributed by atoms with Crippen molar-refractivity contribution in [2.75, 3.05) is 39.4 Å². The normalized spacial score (nSPS) is 16.9. The predicted octanol–water partition coefficient (Wildman–Crippen LogP) is 0.791. The van der Waals surface area contributed by atoms with E-state index in [1.807, 2.05) is 13.8 Å². The van der Waals surface area contributed by atoms with Crippen LogP contribution in [0.4, 0.5) is 0 Å². The van der Waals surface area contributed by atoms with Gasteiger partial charge < -0.3 is 10.1 Å². The molecule has 92 valence electrons. The molecule has 1 heterocycles. The Labute approximate surface area is 97.6 Å². The summed E-state index contributed by atoms with van der Waals surface area (Å²) in [5.41, 5.74) is 1.03. The molecule has 4 nitrogen and oxygen atoms in total. The Kier molecular flexibility index (Phi) is 6.11. The van der Waals surface area contributed by atoms with Crippen LogP contribution in [-0.2, 0) is 9.53 Å². The molecule has 4 heteroatoms. The first-order valence-electron chi connectivity index (χ1n) is 5.91. The smallest absolute Gasteiger partial charge is 0.243 e. The molecule has 0 radical (unpaired) electrons. The molecular formula is C12H22N2O2. The van der Waals surface area contributed by atoms with Crippen molar-refractivity contribution in [2.24, 2.45) is 0 Å². The molecule has 1 aliphatic rings. The van der Waals surface area contributed by atoms with E-state index in [1.165, 1.54) is 0 Å². The van der Waals surface area contributed by atoms with Crippen molar-refractivity contribution in [1.29, 1.82) is 0 Å². The van der Waals surface area contributed by atoms with Crippen LogP contribution in [0.3, 0.4) is 0 Å². The molecule has 1 saturated heterocycles. The van der Waals surface area contributed by atoms with Gasteiger partial charge >= 0.3 is 0 Å². The Hall–Kier alpha value is -0.870. The molecule has 1 N–H and O–H groups in total. The van der Waals surface area contributed by atoms with Gasteiger partial charge in [0.15, 0.2) is 0 Å². The Morgan fingerprint density at radius 2 is 2.06 bits per heavy atom. The zero-order chi connectivity index (χ0) is 11.8. The molecule has 0 spiro atoms. The first kappa shape index (κ1) is 13.2. The van der Waals surface area contributed by atoms with Gasteiger partial charge in [-0.2, -0.15) is 0 Å². The first-order valence-corrected chi connectivity index (χ1v) is 5.91. The summed E-state index contributed by atoms with van der Waals surface area (Å²) in [4.78, 5) is 13.7. The van der Waals surface area contributed by atoms with Crippen molar-refractivity contribution < 1.29 is 9.53 Å². The van der Waals surface area contributed by atoms with Gasteiger partial charge in [0, 0.05) is 25.7 Å². The second-order valence-corrected chi connectivity index (χ2v) is 4.32. The van der Waals surface area contributed by atoms with Gasteiger partial charge in [0.25, 0.3) is 0 Å². The number of amides is 1. The zero-order valence-electron chi connectivity index (χ0n) is 10.3. The number of hydrogen-bond donors (Lipinski definition) is 1. The van der Waals surface area contributed by atoms with Gasteiger partial charge in [-0.3, -0.25) is 9.69 Å². The number of morpholine rings is 1. The lowest BCUT2D eigenvalue weighted by atomic mass is 10.3. The maximum Gasteiger partial charge on any atom is 0.243 e. The minimum atomic E-state index is 0.0157. The van der Waals surface area contributed by atoms with Crippen LogP contribution in [0.15, 0.2) is 11.6 Å². The lowest BCUT2D eigenvalue weighted by Crippen LogP contribution is -2.38. The van der Waals surface area contributed by atoms with Crippen LogP contribution in [0.5, 0.6) is 0 Å². The summed E-state index contributed by atoms with van der Waals surface area (Å²) in [7, 11) is 0. The molecular weight excluding hydrogens is 204 g/mol. The number of nitrogens with zero attached hydrogens (tertiary/aromatic N) is 1. The van der Waals surface area contributed by atoms with E-state index < -0.39 is 0 Å². The highest BCUT2D eigenvalue weighted by molar-refractivity contribution is 5.87. The van der Waals surface area contributed by atoms with Gasteiger partial charge in [-0.15, -0.1) is 0 Å². The van der Waals surface area contributed by atoms with Crippen LogP contribution >= 0.6 is 0 Å². The lowest BCUT2D eigenvalue weighted by molar-refractivity contribution is -0.116. The number of hydrogen-bond acceptors (Lipinski definition) is 3. The van der Waals surface area contributed by atoms with Crippen molar-refractivity contribution in [3.63, 3.8) is 0 Å². The lowest BCUT2D eigenvalue weighted by Gasteiger charge is -2.26. The molecule has 0 bridgehead atoms. The Bertz CT molecular complexity index is 241. The fourth-order valence-electron chi connectivity index (χ4n) is 1.65. The summed E-state index contributed by atoms with van der Waals surface area (Å²) < 4.78 is 5.27. The third kappa shape index (κ3) is 5.88. The maximum absolute atomic E-state index is 11.3. The van der Waals surface area contributed by atoms with Gasteiger partial charge in [0.2, 0.25) is 5.91 Å². The Morgan fingerprint density at radius 3 is 2.69 bits per heavy atom. The van der Waals surface area contributed by atoms with E-state index in [2.05, 4.69) is 10.2 Å². The van der Waals surface area contributed by atoms with E-state index in [4.69, 9.17) is 4.74 Å². The van der Waals surface area contributed by atoms with E-state index in [-0.39, 0.29) is 5.91 Å². The fourth-order valence-corrected chi connectivity index (χ4v) is 1.65. The molecule has 1 amide bonds. The number of ether oxygens (including phenoxy) is 1. The van der Waals surface area contributed by atoms with Gasteiger partial charge in [-0.05, 0) is 26.8 Å². The van der Waals surface area contributed by atoms with Crippen molar-refractivity contribution in [3.8, 4) is 0 Å². The zero-order valence-corrected chi connectivity index (χ0v) is 10.3. The highest BCUT2D eigenvalue weighted by Crippen LogP contribution is 1.97. The second-order valence-electron chi connectivity index (χ2n) is 4.32. The van der Waals surface area contributed by atoms with Crippen molar-refractivity contribution in [3.05, 3.63) is 11.6 Å². The number of carbonyl (C=O) groups is 1. The quantitative estimate of drug-likeness (QED) is 0.556. The van der Waals surface area contributed by atoms with Crippen LogP contribution < -0.4 is 5.32 Å².